The highest BCUT2D eigenvalue weighted by molar-refractivity contribution is 5.67. The third-order valence-electron chi connectivity index (χ3n) is 3.14. The molecule has 128 valence electrons. The van der Waals surface area contributed by atoms with Crippen LogP contribution in [0.1, 0.15) is 26.0 Å². The van der Waals surface area contributed by atoms with Gasteiger partial charge in [0.15, 0.2) is 17.3 Å². The van der Waals surface area contributed by atoms with Crippen LogP contribution < -0.4 is 15.0 Å². The number of carboxylic acid groups (broad SMARTS) is 1. The van der Waals surface area contributed by atoms with Gasteiger partial charge in [0.1, 0.15) is 5.69 Å². The highest BCUT2D eigenvalue weighted by atomic mass is 16.5. The van der Waals surface area contributed by atoms with Crippen LogP contribution in [0.15, 0.2) is 23.0 Å². The molecule has 0 bridgehead atoms. The van der Waals surface area contributed by atoms with Crippen molar-refractivity contribution in [1.29, 1.82) is 0 Å². The molecule has 2 N–H and O–H groups in total. The summed E-state index contributed by atoms with van der Waals surface area (Å²) < 4.78 is 10.9. The number of rotatable bonds is 7. The van der Waals surface area contributed by atoms with E-state index in [2.05, 4.69) is 15.2 Å². The summed E-state index contributed by atoms with van der Waals surface area (Å²) in [5.74, 6) is 0.377. The molecule has 2 aromatic rings. The van der Waals surface area contributed by atoms with Gasteiger partial charge < -0.3 is 19.6 Å². The number of nitrogens with zero attached hydrogens (tertiary/aromatic N) is 2. The van der Waals surface area contributed by atoms with Crippen LogP contribution in [0, 0.1) is 0 Å². The molecule has 8 heteroatoms. The first-order valence-electron chi connectivity index (χ1n) is 7.43. The zero-order chi connectivity index (χ0) is 17.7. The van der Waals surface area contributed by atoms with Gasteiger partial charge in [0.2, 0.25) is 0 Å². The first-order valence-corrected chi connectivity index (χ1v) is 7.43. The second kappa shape index (κ2) is 7.58. The van der Waals surface area contributed by atoms with Crippen LogP contribution in [0.2, 0.25) is 0 Å². The van der Waals surface area contributed by atoms with Crippen molar-refractivity contribution in [2.75, 3.05) is 7.11 Å². The molecule has 0 unspecified atom stereocenters. The van der Waals surface area contributed by atoms with Crippen molar-refractivity contribution in [2.45, 2.75) is 32.8 Å². The Morgan fingerprint density at radius 3 is 2.62 bits per heavy atom. The van der Waals surface area contributed by atoms with Crippen LogP contribution in [0.25, 0.3) is 11.4 Å². The molecule has 24 heavy (non-hydrogen) atoms. The zero-order valence-electron chi connectivity index (χ0n) is 13.7. The number of aromatic amines is 1. The van der Waals surface area contributed by atoms with Crippen LogP contribution >= 0.6 is 0 Å². The molecule has 0 aliphatic heterocycles. The van der Waals surface area contributed by atoms with Gasteiger partial charge in [-0.15, -0.1) is 10.2 Å². The maximum absolute atomic E-state index is 12.0. The lowest BCUT2D eigenvalue weighted by Gasteiger charge is -2.14. The molecular formula is C16H19N3O5. The molecule has 1 aromatic carbocycles. The molecule has 0 spiro atoms. The lowest BCUT2D eigenvalue weighted by Crippen LogP contribution is -2.18. The Kier molecular flexibility index (Phi) is 5.51. The fourth-order valence-electron chi connectivity index (χ4n) is 2.05. The van der Waals surface area contributed by atoms with Crippen molar-refractivity contribution in [2.24, 2.45) is 0 Å². The molecule has 0 saturated heterocycles. The highest BCUT2D eigenvalue weighted by Gasteiger charge is 2.12. The van der Waals surface area contributed by atoms with Crippen LogP contribution in [0.4, 0.5) is 0 Å². The van der Waals surface area contributed by atoms with Crippen molar-refractivity contribution < 1.29 is 19.4 Å². The number of H-pyrrole nitrogens is 1. The minimum Gasteiger partial charge on any atom is -0.493 e. The molecule has 0 atom stereocenters. The van der Waals surface area contributed by atoms with Gasteiger partial charge in [0.25, 0.3) is 5.56 Å². The number of aliphatic carboxylic acids is 1. The molecule has 0 fully saturated rings. The lowest BCUT2D eigenvalue weighted by atomic mass is 10.2. The summed E-state index contributed by atoms with van der Waals surface area (Å²) in [6.07, 6.45) is -0.146. The number of hydrogen-bond donors (Lipinski definition) is 2. The number of carbonyl (C=O) groups is 1. The van der Waals surface area contributed by atoms with E-state index >= 15 is 0 Å². The summed E-state index contributed by atoms with van der Waals surface area (Å²) in [4.78, 5) is 25.2. The van der Waals surface area contributed by atoms with Gasteiger partial charge >= 0.3 is 5.97 Å². The zero-order valence-corrected chi connectivity index (χ0v) is 13.7. The third kappa shape index (κ3) is 4.31. The van der Waals surface area contributed by atoms with Gasteiger partial charge in [-0.1, -0.05) is 0 Å². The van der Waals surface area contributed by atoms with Crippen LogP contribution in [-0.2, 0) is 11.2 Å². The van der Waals surface area contributed by atoms with Crippen molar-refractivity contribution in [3.8, 4) is 22.9 Å². The van der Waals surface area contributed by atoms with E-state index in [0.717, 1.165) is 0 Å². The van der Waals surface area contributed by atoms with Crippen molar-refractivity contribution in [3.05, 3.63) is 34.2 Å². The number of methoxy groups -OCH3 is 1. The number of hydrogen-bond acceptors (Lipinski definition) is 6. The minimum absolute atomic E-state index is 0.00197. The molecule has 0 amide bonds. The average Bonchev–Trinajstić information content (AvgIpc) is 2.53. The summed E-state index contributed by atoms with van der Waals surface area (Å²) in [5, 5.41) is 16.4. The number of ether oxygens (including phenoxy) is 2. The molecule has 8 nitrogen and oxygen atoms in total. The van der Waals surface area contributed by atoms with E-state index in [4.69, 9.17) is 14.6 Å². The van der Waals surface area contributed by atoms with Gasteiger partial charge in [0.05, 0.1) is 19.6 Å². The number of benzene rings is 1. The lowest BCUT2D eigenvalue weighted by molar-refractivity contribution is -0.136. The summed E-state index contributed by atoms with van der Waals surface area (Å²) in [5.41, 5.74) is 0.243. The van der Waals surface area contributed by atoms with Gasteiger partial charge in [0, 0.05) is 12.0 Å². The van der Waals surface area contributed by atoms with E-state index in [0.29, 0.717) is 17.1 Å². The predicted molar refractivity (Wildman–Crippen MR) is 86.4 cm³/mol. The largest absolute Gasteiger partial charge is 0.493 e. The number of aryl methyl sites for hydroxylation is 1. The Morgan fingerprint density at radius 1 is 1.29 bits per heavy atom. The quantitative estimate of drug-likeness (QED) is 0.791. The summed E-state index contributed by atoms with van der Waals surface area (Å²) >= 11 is 0. The first-order chi connectivity index (χ1) is 11.4. The SMILES string of the molecule is COc1cc(-c2nnc(CCC(=O)O)c(=O)[nH]2)ccc1OC(C)C. The average molecular weight is 333 g/mol. The van der Waals surface area contributed by atoms with E-state index in [-0.39, 0.29) is 30.5 Å². The van der Waals surface area contributed by atoms with Crippen LogP contribution in [-0.4, -0.2) is 39.5 Å². The smallest absolute Gasteiger partial charge is 0.303 e. The third-order valence-corrected chi connectivity index (χ3v) is 3.14. The van der Waals surface area contributed by atoms with E-state index < -0.39 is 11.5 Å². The molecule has 2 rings (SSSR count). The summed E-state index contributed by atoms with van der Waals surface area (Å²) in [7, 11) is 1.52. The second-order valence-corrected chi connectivity index (χ2v) is 5.38. The molecular weight excluding hydrogens is 314 g/mol. The Labute approximate surface area is 138 Å². The molecule has 0 aliphatic rings. The summed E-state index contributed by atoms with van der Waals surface area (Å²) in [6.45, 7) is 3.82. The standard InChI is InChI=1S/C16H19N3O5/c1-9(2)24-12-6-4-10(8-13(12)23-3)15-17-16(22)11(18-19-15)5-7-14(20)21/h4,6,8-9H,5,7H2,1-3H3,(H,20,21)(H,17,19,22). The Hall–Kier alpha value is -2.90. The van der Waals surface area contributed by atoms with Gasteiger partial charge in [-0.05, 0) is 32.0 Å². The predicted octanol–water partition coefficient (Wildman–Crippen LogP) is 1.64. The molecule has 0 aliphatic carbocycles. The van der Waals surface area contributed by atoms with Gasteiger partial charge in [-0.25, -0.2) is 0 Å². The van der Waals surface area contributed by atoms with E-state index in [9.17, 15) is 9.59 Å². The van der Waals surface area contributed by atoms with Crippen LogP contribution in [0.3, 0.4) is 0 Å². The number of nitrogens with one attached hydrogen (secondary N) is 1. The van der Waals surface area contributed by atoms with Crippen molar-refractivity contribution in [1.82, 2.24) is 15.2 Å². The van der Waals surface area contributed by atoms with E-state index in [1.807, 2.05) is 13.8 Å². The van der Waals surface area contributed by atoms with Crippen molar-refractivity contribution in [3.63, 3.8) is 0 Å². The molecule has 1 aromatic heterocycles. The highest BCUT2D eigenvalue weighted by Crippen LogP contribution is 2.31. The maximum atomic E-state index is 12.0. The van der Waals surface area contributed by atoms with E-state index in [1.165, 1.54) is 7.11 Å². The first kappa shape index (κ1) is 17.5. The Morgan fingerprint density at radius 2 is 2.04 bits per heavy atom. The normalized spacial score (nSPS) is 10.7. The van der Waals surface area contributed by atoms with E-state index in [1.54, 1.807) is 18.2 Å². The Bertz CT molecular complexity index is 786. The topological polar surface area (TPSA) is 114 Å². The maximum Gasteiger partial charge on any atom is 0.303 e. The number of aromatic nitrogens is 3. The van der Waals surface area contributed by atoms with Gasteiger partial charge in [-0.2, -0.15) is 0 Å². The fourth-order valence-corrected chi connectivity index (χ4v) is 2.05. The summed E-state index contributed by atoms with van der Waals surface area (Å²) in [6, 6.07) is 5.15. The van der Waals surface area contributed by atoms with Gasteiger partial charge in [-0.3, -0.25) is 9.59 Å². The number of carboxylic acids is 1. The minimum atomic E-state index is -0.995. The molecule has 1 heterocycles. The van der Waals surface area contributed by atoms with Crippen LogP contribution in [0.5, 0.6) is 11.5 Å². The molecule has 0 radical (unpaired) electrons. The second-order valence-electron chi connectivity index (χ2n) is 5.38. The molecule has 0 saturated carbocycles. The fraction of sp³-hybridized carbons (Fsp3) is 0.375. The monoisotopic (exact) mass is 333 g/mol. The Balaban J connectivity index is 2.30. The van der Waals surface area contributed by atoms with Crippen molar-refractivity contribution >= 4 is 5.97 Å².